The van der Waals surface area contributed by atoms with Crippen LogP contribution in [0.25, 0.3) is 12.2 Å². The average Bonchev–Trinajstić information content (AvgIpc) is 2.73. The molecule has 0 aromatic heterocycles. The van der Waals surface area contributed by atoms with Crippen molar-refractivity contribution < 1.29 is 9.59 Å². The molecule has 1 aliphatic heterocycles. The summed E-state index contributed by atoms with van der Waals surface area (Å²) in [5, 5.41) is 1.20. The van der Waals surface area contributed by atoms with Gasteiger partial charge in [0.25, 0.3) is 0 Å². The molecule has 2 amide bonds. The Balaban J connectivity index is 1.64. The molecule has 6 heteroatoms. The van der Waals surface area contributed by atoms with Gasteiger partial charge >= 0.3 is 0 Å². The summed E-state index contributed by atoms with van der Waals surface area (Å²) in [6, 6.07) is 14.6. The molecular formula is C24H24Cl2N2O2. The molecule has 1 aliphatic rings. The van der Waals surface area contributed by atoms with Gasteiger partial charge in [0.15, 0.2) is 0 Å². The van der Waals surface area contributed by atoms with Gasteiger partial charge < -0.3 is 9.80 Å². The van der Waals surface area contributed by atoms with Crippen molar-refractivity contribution in [2.75, 3.05) is 13.1 Å². The maximum Gasteiger partial charge on any atom is 0.246 e. The summed E-state index contributed by atoms with van der Waals surface area (Å²) < 4.78 is 0. The highest BCUT2D eigenvalue weighted by Crippen LogP contribution is 2.20. The van der Waals surface area contributed by atoms with Crippen LogP contribution in [-0.2, 0) is 9.59 Å². The molecule has 0 N–H and O–H groups in total. The molecular weight excluding hydrogens is 419 g/mol. The van der Waals surface area contributed by atoms with E-state index in [4.69, 9.17) is 23.2 Å². The van der Waals surface area contributed by atoms with Crippen molar-refractivity contribution in [3.8, 4) is 0 Å². The second kappa shape index (κ2) is 9.96. The third-order valence-electron chi connectivity index (χ3n) is 5.17. The molecule has 1 heterocycles. The van der Waals surface area contributed by atoms with Crippen LogP contribution in [0.5, 0.6) is 0 Å². The zero-order valence-corrected chi connectivity index (χ0v) is 18.5. The normalized spacial score (nSPS) is 19.6. The van der Waals surface area contributed by atoms with E-state index in [9.17, 15) is 9.59 Å². The fourth-order valence-corrected chi connectivity index (χ4v) is 3.87. The van der Waals surface area contributed by atoms with Gasteiger partial charge in [-0.1, -0.05) is 59.6 Å². The zero-order valence-electron chi connectivity index (χ0n) is 17.0. The SMILES string of the molecule is C[C@@H]1CN(C(=O)/C=C/c2ccccc2Cl)[C@H](C)CN1C(=O)/C=C\c1ccccc1Cl. The van der Waals surface area contributed by atoms with Crippen molar-refractivity contribution in [2.24, 2.45) is 0 Å². The zero-order chi connectivity index (χ0) is 21.7. The smallest absolute Gasteiger partial charge is 0.246 e. The maximum absolute atomic E-state index is 12.7. The summed E-state index contributed by atoms with van der Waals surface area (Å²) in [6.07, 6.45) is 6.54. The Morgan fingerprint density at radius 2 is 1.13 bits per heavy atom. The van der Waals surface area contributed by atoms with Crippen LogP contribution in [-0.4, -0.2) is 46.8 Å². The quantitative estimate of drug-likeness (QED) is 0.612. The van der Waals surface area contributed by atoms with Crippen molar-refractivity contribution in [3.05, 3.63) is 81.9 Å². The van der Waals surface area contributed by atoms with E-state index in [2.05, 4.69) is 0 Å². The minimum absolute atomic E-state index is 0.0898. The number of benzene rings is 2. The van der Waals surface area contributed by atoms with Crippen LogP contribution in [0.3, 0.4) is 0 Å². The second-order valence-corrected chi connectivity index (χ2v) is 8.20. The number of rotatable bonds is 4. The third-order valence-corrected chi connectivity index (χ3v) is 5.86. The fraction of sp³-hybridized carbons (Fsp3) is 0.250. The Hall–Kier alpha value is -2.56. The van der Waals surface area contributed by atoms with Gasteiger partial charge in [-0.3, -0.25) is 9.59 Å². The minimum Gasteiger partial charge on any atom is -0.333 e. The van der Waals surface area contributed by atoms with Gasteiger partial charge in [0.05, 0.1) is 0 Å². The van der Waals surface area contributed by atoms with E-state index in [1.165, 1.54) is 0 Å². The Morgan fingerprint density at radius 1 is 0.767 bits per heavy atom. The molecule has 0 spiro atoms. The van der Waals surface area contributed by atoms with Crippen LogP contribution in [0.4, 0.5) is 0 Å². The highest BCUT2D eigenvalue weighted by molar-refractivity contribution is 6.32. The van der Waals surface area contributed by atoms with Crippen molar-refractivity contribution in [3.63, 3.8) is 0 Å². The largest absolute Gasteiger partial charge is 0.333 e. The van der Waals surface area contributed by atoms with E-state index in [0.29, 0.717) is 23.1 Å². The van der Waals surface area contributed by atoms with E-state index in [1.807, 2.05) is 50.2 Å². The van der Waals surface area contributed by atoms with Crippen molar-refractivity contribution >= 4 is 47.2 Å². The van der Waals surface area contributed by atoms with Crippen LogP contribution in [0.1, 0.15) is 25.0 Å². The molecule has 0 radical (unpaired) electrons. The third kappa shape index (κ3) is 5.32. The van der Waals surface area contributed by atoms with E-state index in [0.717, 1.165) is 11.1 Å². The molecule has 156 valence electrons. The summed E-state index contributed by atoms with van der Waals surface area (Å²) in [7, 11) is 0. The van der Waals surface area contributed by atoms with Gasteiger partial charge in [0.2, 0.25) is 11.8 Å². The Bertz CT molecular complexity index is 907. The van der Waals surface area contributed by atoms with Gasteiger partial charge in [-0.15, -0.1) is 0 Å². The number of amides is 2. The molecule has 1 fully saturated rings. The lowest BCUT2D eigenvalue weighted by Crippen LogP contribution is -2.59. The maximum atomic E-state index is 12.7. The van der Waals surface area contributed by atoms with Crippen LogP contribution in [0.15, 0.2) is 60.7 Å². The Kier molecular flexibility index (Phi) is 7.35. The summed E-state index contributed by atoms with van der Waals surface area (Å²) in [4.78, 5) is 29.0. The van der Waals surface area contributed by atoms with Gasteiger partial charge in [-0.25, -0.2) is 0 Å². The standard InChI is InChI=1S/C24H24Cl2N2O2/c1-17-15-28(24(30)14-12-20-8-4-6-10-22(20)26)18(2)16-27(17)23(29)13-11-19-7-3-5-9-21(19)25/h3-14,17-18H,15-16H2,1-2H3/b13-11-,14-12+/t17-,18-/m1/s1. The highest BCUT2D eigenvalue weighted by Gasteiger charge is 2.32. The first-order chi connectivity index (χ1) is 14.4. The molecule has 3 rings (SSSR count). The predicted octanol–water partition coefficient (Wildman–Crippen LogP) is 5.17. The van der Waals surface area contributed by atoms with Crippen LogP contribution in [0.2, 0.25) is 10.0 Å². The summed E-state index contributed by atoms with van der Waals surface area (Å²) in [5.41, 5.74) is 1.60. The summed E-state index contributed by atoms with van der Waals surface area (Å²) in [5.74, 6) is -0.180. The van der Waals surface area contributed by atoms with Gasteiger partial charge in [0, 0.05) is 47.4 Å². The van der Waals surface area contributed by atoms with E-state index in [-0.39, 0.29) is 23.9 Å². The van der Waals surface area contributed by atoms with Gasteiger partial charge in [-0.05, 0) is 49.3 Å². The molecule has 2 atom stereocenters. The lowest BCUT2D eigenvalue weighted by molar-refractivity contribution is -0.139. The lowest BCUT2D eigenvalue weighted by Gasteiger charge is -2.43. The molecule has 0 aliphatic carbocycles. The van der Waals surface area contributed by atoms with Crippen LogP contribution >= 0.6 is 23.2 Å². The van der Waals surface area contributed by atoms with Gasteiger partial charge in [-0.2, -0.15) is 0 Å². The number of carbonyl (C=O) groups excluding carboxylic acids is 2. The number of hydrogen-bond donors (Lipinski definition) is 0. The Labute approximate surface area is 187 Å². The van der Waals surface area contributed by atoms with Crippen molar-refractivity contribution in [1.29, 1.82) is 0 Å². The second-order valence-electron chi connectivity index (χ2n) is 7.39. The van der Waals surface area contributed by atoms with Crippen molar-refractivity contribution in [2.45, 2.75) is 25.9 Å². The molecule has 1 saturated heterocycles. The first kappa shape index (κ1) is 22.1. The van der Waals surface area contributed by atoms with E-state index in [1.54, 1.807) is 46.2 Å². The Morgan fingerprint density at radius 3 is 1.50 bits per heavy atom. The van der Waals surface area contributed by atoms with Crippen LogP contribution < -0.4 is 0 Å². The summed E-state index contributed by atoms with van der Waals surface area (Å²) in [6.45, 7) is 4.84. The molecule has 2 aromatic rings. The molecule has 0 unspecified atom stereocenters. The number of carbonyl (C=O) groups is 2. The monoisotopic (exact) mass is 442 g/mol. The number of piperazine rings is 1. The first-order valence-corrected chi connectivity index (χ1v) is 10.6. The first-order valence-electron chi connectivity index (χ1n) is 9.83. The predicted molar refractivity (Wildman–Crippen MR) is 123 cm³/mol. The number of hydrogen-bond acceptors (Lipinski definition) is 2. The molecule has 0 saturated carbocycles. The topological polar surface area (TPSA) is 40.6 Å². The molecule has 30 heavy (non-hydrogen) atoms. The van der Waals surface area contributed by atoms with Gasteiger partial charge in [0.1, 0.15) is 0 Å². The minimum atomic E-state index is -0.0951. The molecule has 4 nitrogen and oxygen atoms in total. The lowest BCUT2D eigenvalue weighted by atomic mass is 10.1. The number of nitrogens with zero attached hydrogens (tertiary/aromatic N) is 2. The van der Waals surface area contributed by atoms with E-state index < -0.39 is 0 Å². The average molecular weight is 443 g/mol. The number of halogens is 2. The summed E-state index contributed by atoms with van der Waals surface area (Å²) >= 11 is 12.3. The van der Waals surface area contributed by atoms with Crippen molar-refractivity contribution in [1.82, 2.24) is 9.80 Å². The fourth-order valence-electron chi connectivity index (χ4n) is 3.47. The molecule has 2 aromatic carbocycles. The molecule has 0 bridgehead atoms. The van der Waals surface area contributed by atoms with Crippen LogP contribution in [0, 0.1) is 0 Å². The van der Waals surface area contributed by atoms with E-state index >= 15 is 0 Å². The highest BCUT2D eigenvalue weighted by atomic mass is 35.5.